The predicted octanol–water partition coefficient (Wildman–Crippen LogP) is 10.2. The molecule has 0 N–H and O–H groups in total. The van der Waals surface area contributed by atoms with Crippen LogP contribution in [0, 0.1) is 0 Å². The van der Waals surface area contributed by atoms with Gasteiger partial charge in [-0.1, -0.05) is 67.3 Å². The van der Waals surface area contributed by atoms with Crippen molar-refractivity contribution in [2.45, 2.75) is 6.92 Å². The lowest BCUT2D eigenvalue weighted by atomic mass is 9.98. The van der Waals surface area contributed by atoms with E-state index in [0.717, 1.165) is 27.7 Å². The molecule has 0 radical (unpaired) electrons. The van der Waals surface area contributed by atoms with Crippen LogP contribution in [-0.2, 0) is 0 Å². The van der Waals surface area contributed by atoms with Crippen LogP contribution in [0.3, 0.4) is 0 Å². The Hall–Kier alpha value is -4.34. The van der Waals surface area contributed by atoms with E-state index < -0.39 is 0 Å². The number of pyridine rings is 1. The molecule has 0 aliphatic rings. The molecule has 0 unspecified atom stereocenters. The van der Waals surface area contributed by atoms with E-state index in [9.17, 15) is 0 Å². The van der Waals surface area contributed by atoms with Gasteiger partial charge in [-0.3, -0.25) is 0 Å². The lowest BCUT2D eigenvalue weighted by Crippen LogP contribution is -1.90. The SMILES string of the molecule is C=Cc1c(/C=C\C)oc2c1ccc1c2c2cc3c(cc2n2cc4ccccc4c12)sc1ccccc13. The van der Waals surface area contributed by atoms with Crippen molar-refractivity contribution >= 4 is 92.6 Å². The smallest absolute Gasteiger partial charge is 0.143 e. The van der Waals surface area contributed by atoms with E-state index in [1.165, 1.54) is 52.8 Å². The number of rotatable bonds is 2. The highest BCUT2D eigenvalue weighted by Gasteiger charge is 2.20. The minimum atomic E-state index is 0.852. The molecule has 4 aromatic carbocycles. The van der Waals surface area contributed by atoms with Crippen LogP contribution in [0.15, 0.2) is 96.1 Å². The Morgan fingerprint density at radius 1 is 0.806 bits per heavy atom. The Morgan fingerprint density at radius 2 is 1.61 bits per heavy atom. The van der Waals surface area contributed by atoms with Crippen molar-refractivity contribution in [1.29, 1.82) is 0 Å². The van der Waals surface area contributed by atoms with E-state index in [1.54, 1.807) is 0 Å². The van der Waals surface area contributed by atoms with E-state index >= 15 is 0 Å². The fourth-order valence-corrected chi connectivity index (χ4v) is 7.05. The van der Waals surface area contributed by atoms with Gasteiger partial charge in [0.15, 0.2) is 0 Å². The van der Waals surface area contributed by atoms with E-state index in [1.807, 2.05) is 36.5 Å². The highest BCUT2D eigenvalue weighted by molar-refractivity contribution is 7.25. The minimum Gasteiger partial charge on any atom is -0.455 e. The molecule has 0 spiro atoms. The van der Waals surface area contributed by atoms with Crippen LogP contribution < -0.4 is 0 Å². The van der Waals surface area contributed by atoms with Crippen LogP contribution in [-0.4, -0.2) is 4.40 Å². The molecule has 0 aliphatic heterocycles. The fraction of sp³-hybridized carbons (Fsp3) is 0.0303. The number of thiophene rings is 1. The summed E-state index contributed by atoms with van der Waals surface area (Å²) in [5.41, 5.74) is 4.39. The molecule has 0 fully saturated rings. The molecular weight excluding hydrogens is 458 g/mol. The Morgan fingerprint density at radius 3 is 2.47 bits per heavy atom. The van der Waals surface area contributed by atoms with Gasteiger partial charge in [0.05, 0.1) is 11.0 Å². The standard InChI is InChI=1S/C33H21NOS/c1-3-9-28-20(4-2)23-14-15-24-31(33(23)35-28)26-16-25-22-12-7-8-13-29(22)36-30(25)17-27(26)34-18-19-10-5-6-11-21(19)32(24)34/h3-18H,2H2,1H3/b9-3-. The van der Waals surface area contributed by atoms with Gasteiger partial charge in [0, 0.05) is 64.2 Å². The highest BCUT2D eigenvalue weighted by Crippen LogP contribution is 2.44. The molecule has 2 nitrogen and oxygen atoms in total. The third-order valence-electron chi connectivity index (χ3n) is 7.45. The fourth-order valence-electron chi connectivity index (χ4n) is 5.93. The second kappa shape index (κ2) is 7.09. The molecule has 0 saturated heterocycles. The molecule has 170 valence electrons. The summed E-state index contributed by atoms with van der Waals surface area (Å²) in [5.74, 6) is 0.852. The lowest BCUT2D eigenvalue weighted by molar-refractivity contribution is 0.606. The van der Waals surface area contributed by atoms with Crippen LogP contribution in [0.25, 0.3) is 81.3 Å². The zero-order valence-electron chi connectivity index (χ0n) is 19.7. The van der Waals surface area contributed by atoms with Crippen molar-refractivity contribution in [2.24, 2.45) is 0 Å². The van der Waals surface area contributed by atoms with E-state index in [2.05, 4.69) is 90.0 Å². The Balaban J connectivity index is 1.71. The number of allylic oxidation sites excluding steroid dienone is 1. The largest absolute Gasteiger partial charge is 0.455 e. The second-order valence-electron chi connectivity index (χ2n) is 9.35. The van der Waals surface area contributed by atoms with Gasteiger partial charge < -0.3 is 8.82 Å². The van der Waals surface area contributed by atoms with Gasteiger partial charge >= 0.3 is 0 Å². The summed E-state index contributed by atoms with van der Waals surface area (Å²) in [6.07, 6.45) is 8.23. The molecule has 8 rings (SSSR count). The first-order chi connectivity index (χ1) is 17.8. The normalized spacial score (nSPS) is 12.6. The van der Waals surface area contributed by atoms with Gasteiger partial charge in [0.2, 0.25) is 0 Å². The third kappa shape index (κ3) is 2.45. The Labute approximate surface area is 211 Å². The monoisotopic (exact) mass is 479 g/mol. The second-order valence-corrected chi connectivity index (χ2v) is 10.4. The number of aromatic nitrogens is 1. The average molecular weight is 480 g/mol. The molecule has 4 aromatic heterocycles. The lowest BCUT2D eigenvalue weighted by Gasteiger charge is -2.11. The van der Waals surface area contributed by atoms with Gasteiger partial charge in [0.25, 0.3) is 0 Å². The van der Waals surface area contributed by atoms with Gasteiger partial charge in [0.1, 0.15) is 11.3 Å². The zero-order valence-corrected chi connectivity index (χ0v) is 20.5. The zero-order chi connectivity index (χ0) is 24.0. The molecule has 0 amide bonds. The molecule has 3 heteroatoms. The number of nitrogens with zero attached hydrogens (tertiary/aromatic N) is 1. The van der Waals surface area contributed by atoms with Gasteiger partial charge in [-0.15, -0.1) is 11.3 Å². The summed E-state index contributed by atoms with van der Waals surface area (Å²) < 4.78 is 11.6. The number of hydrogen-bond donors (Lipinski definition) is 0. The maximum Gasteiger partial charge on any atom is 0.143 e. The third-order valence-corrected chi connectivity index (χ3v) is 8.59. The Kier molecular flexibility index (Phi) is 3.92. The molecule has 36 heavy (non-hydrogen) atoms. The van der Waals surface area contributed by atoms with Crippen LogP contribution in [0.2, 0.25) is 0 Å². The number of benzene rings is 4. The van der Waals surface area contributed by atoms with E-state index in [0.29, 0.717) is 0 Å². The number of hydrogen-bond acceptors (Lipinski definition) is 2. The first-order valence-electron chi connectivity index (χ1n) is 12.2. The Bertz CT molecular complexity index is 2240. The first kappa shape index (κ1) is 19.9. The molecule has 4 heterocycles. The van der Waals surface area contributed by atoms with Crippen LogP contribution in [0.5, 0.6) is 0 Å². The van der Waals surface area contributed by atoms with Gasteiger partial charge in [-0.05, 0) is 37.3 Å². The number of furan rings is 1. The van der Waals surface area contributed by atoms with Crippen molar-refractivity contribution in [3.63, 3.8) is 0 Å². The number of fused-ring (bicyclic) bond motifs is 13. The molecule has 0 aliphatic carbocycles. The average Bonchev–Trinajstić information content (AvgIpc) is 3.58. The van der Waals surface area contributed by atoms with E-state index in [-0.39, 0.29) is 0 Å². The maximum atomic E-state index is 6.61. The van der Waals surface area contributed by atoms with Crippen molar-refractivity contribution in [2.75, 3.05) is 0 Å². The quantitative estimate of drug-likeness (QED) is 0.225. The summed E-state index contributed by atoms with van der Waals surface area (Å²) in [7, 11) is 0. The summed E-state index contributed by atoms with van der Waals surface area (Å²) in [4.78, 5) is 0. The van der Waals surface area contributed by atoms with Crippen molar-refractivity contribution in [1.82, 2.24) is 4.40 Å². The molecule has 8 aromatic rings. The van der Waals surface area contributed by atoms with E-state index in [4.69, 9.17) is 4.42 Å². The predicted molar refractivity (Wildman–Crippen MR) is 157 cm³/mol. The highest BCUT2D eigenvalue weighted by atomic mass is 32.1. The van der Waals surface area contributed by atoms with Crippen LogP contribution >= 0.6 is 11.3 Å². The summed E-state index contributed by atoms with van der Waals surface area (Å²) >= 11 is 1.86. The first-order valence-corrected chi connectivity index (χ1v) is 13.0. The van der Waals surface area contributed by atoms with Gasteiger partial charge in [-0.2, -0.15) is 0 Å². The maximum absolute atomic E-state index is 6.61. The molecule has 0 saturated carbocycles. The van der Waals surface area contributed by atoms with Crippen LogP contribution in [0.4, 0.5) is 0 Å². The summed E-state index contributed by atoms with van der Waals surface area (Å²) in [6.45, 7) is 6.11. The van der Waals surface area contributed by atoms with Crippen molar-refractivity contribution < 1.29 is 4.42 Å². The summed E-state index contributed by atoms with van der Waals surface area (Å²) in [5, 5.41) is 9.76. The molecule has 0 bridgehead atoms. The van der Waals surface area contributed by atoms with Crippen LogP contribution in [0.1, 0.15) is 18.2 Å². The summed E-state index contributed by atoms with van der Waals surface area (Å²) in [6, 6.07) is 26.5. The van der Waals surface area contributed by atoms with Crippen molar-refractivity contribution in [3.05, 3.63) is 103 Å². The molecule has 0 atom stereocenters. The molecular formula is C33H21NOS. The van der Waals surface area contributed by atoms with Gasteiger partial charge in [-0.25, -0.2) is 0 Å². The minimum absolute atomic E-state index is 0.852. The van der Waals surface area contributed by atoms with Crippen molar-refractivity contribution in [3.8, 4) is 0 Å². The topological polar surface area (TPSA) is 17.6 Å².